The molecule has 3 rings (SSSR count). The molecule has 1 aromatic heterocycles. The van der Waals surface area contributed by atoms with Crippen molar-refractivity contribution < 1.29 is 14.3 Å². The molecule has 1 aliphatic heterocycles. The number of hydrogen-bond acceptors (Lipinski definition) is 4. The summed E-state index contributed by atoms with van der Waals surface area (Å²) in [6, 6.07) is 8.72. The molecule has 0 aliphatic carbocycles. The summed E-state index contributed by atoms with van der Waals surface area (Å²) in [7, 11) is 0. The number of hydrogen-bond donors (Lipinski definition) is 1. The van der Waals surface area contributed by atoms with Crippen LogP contribution in [0, 0.1) is 5.92 Å². The van der Waals surface area contributed by atoms with E-state index in [0.717, 1.165) is 18.2 Å². The molecule has 1 amide bonds. The van der Waals surface area contributed by atoms with Crippen LogP contribution in [0.15, 0.2) is 39.5 Å². The standard InChI is InChI=1S/C17H19NO4/c1-11(19)13-6-4-8-18(10-13)16(20)14-9-12-5-2-3-7-15(12)22-17(14)21/h2-3,5,7,9,11,13,19H,4,6,8,10H2,1H3. The van der Waals surface area contributed by atoms with Crippen molar-refractivity contribution in [1.82, 2.24) is 4.90 Å². The van der Waals surface area contributed by atoms with E-state index in [1.54, 1.807) is 30.0 Å². The van der Waals surface area contributed by atoms with Crippen LogP contribution in [0.1, 0.15) is 30.1 Å². The number of aliphatic hydroxyl groups excluding tert-OH is 1. The van der Waals surface area contributed by atoms with E-state index in [-0.39, 0.29) is 17.4 Å². The minimum atomic E-state index is -0.608. The molecule has 0 radical (unpaired) electrons. The Morgan fingerprint density at radius 1 is 1.41 bits per heavy atom. The zero-order valence-corrected chi connectivity index (χ0v) is 12.5. The molecule has 5 heteroatoms. The Labute approximate surface area is 128 Å². The Bertz CT molecular complexity index is 750. The van der Waals surface area contributed by atoms with Crippen LogP contribution < -0.4 is 5.63 Å². The minimum Gasteiger partial charge on any atom is -0.422 e. The summed E-state index contributed by atoms with van der Waals surface area (Å²) in [4.78, 5) is 26.3. The van der Waals surface area contributed by atoms with Gasteiger partial charge in [-0.2, -0.15) is 0 Å². The summed E-state index contributed by atoms with van der Waals surface area (Å²) in [6.07, 6.45) is 1.28. The number of rotatable bonds is 2. The molecule has 0 saturated carbocycles. The lowest BCUT2D eigenvalue weighted by atomic mass is 9.93. The van der Waals surface area contributed by atoms with Crippen molar-refractivity contribution in [2.75, 3.05) is 13.1 Å². The van der Waals surface area contributed by atoms with Crippen molar-refractivity contribution in [3.8, 4) is 0 Å². The van der Waals surface area contributed by atoms with Gasteiger partial charge in [-0.1, -0.05) is 18.2 Å². The monoisotopic (exact) mass is 301 g/mol. The lowest BCUT2D eigenvalue weighted by molar-refractivity contribution is 0.0463. The predicted octanol–water partition coefficient (Wildman–Crippen LogP) is 2.03. The average Bonchev–Trinajstić information content (AvgIpc) is 2.53. The quantitative estimate of drug-likeness (QED) is 0.862. The van der Waals surface area contributed by atoms with Gasteiger partial charge >= 0.3 is 5.63 Å². The summed E-state index contributed by atoms with van der Waals surface area (Å²) < 4.78 is 5.23. The van der Waals surface area contributed by atoms with Gasteiger partial charge < -0.3 is 14.4 Å². The van der Waals surface area contributed by atoms with Crippen molar-refractivity contribution >= 4 is 16.9 Å². The Morgan fingerprint density at radius 3 is 2.95 bits per heavy atom. The predicted molar refractivity (Wildman–Crippen MR) is 82.8 cm³/mol. The third-order valence-corrected chi connectivity index (χ3v) is 4.30. The van der Waals surface area contributed by atoms with Gasteiger partial charge in [-0.3, -0.25) is 4.79 Å². The van der Waals surface area contributed by atoms with Crippen LogP contribution >= 0.6 is 0 Å². The normalized spacial score (nSPS) is 20.1. The summed E-state index contributed by atoms with van der Waals surface area (Å²) in [6.45, 7) is 2.82. The summed E-state index contributed by atoms with van der Waals surface area (Å²) in [5, 5.41) is 10.5. The number of para-hydroxylation sites is 1. The third-order valence-electron chi connectivity index (χ3n) is 4.30. The maximum atomic E-state index is 12.6. The first kappa shape index (κ1) is 14.8. The lowest BCUT2D eigenvalue weighted by Gasteiger charge is -2.34. The van der Waals surface area contributed by atoms with Gasteiger partial charge in [0.2, 0.25) is 0 Å². The number of aliphatic hydroxyl groups is 1. The second kappa shape index (κ2) is 5.93. The topological polar surface area (TPSA) is 70.8 Å². The first-order valence-electron chi connectivity index (χ1n) is 7.56. The Hall–Kier alpha value is -2.14. The second-order valence-corrected chi connectivity index (χ2v) is 5.88. The van der Waals surface area contributed by atoms with E-state index in [9.17, 15) is 14.7 Å². The molecule has 0 spiro atoms. The third kappa shape index (κ3) is 2.76. The number of amides is 1. The van der Waals surface area contributed by atoms with E-state index in [1.165, 1.54) is 0 Å². The molecule has 2 heterocycles. The van der Waals surface area contributed by atoms with Crippen LogP contribution in [0.25, 0.3) is 11.0 Å². The molecule has 1 aliphatic rings. The molecule has 1 N–H and O–H groups in total. The fourth-order valence-electron chi connectivity index (χ4n) is 2.97. The number of carbonyl (C=O) groups is 1. The van der Waals surface area contributed by atoms with Crippen LogP contribution in [0.3, 0.4) is 0 Å². The number of fused-ring (bicyclic) bond motifs is 1. The number of benzene rings is 1. The van der Waals surface area contributed by atoms with E-state index in [2.05, 4.69) is 0 Å². The highest BCUT2D eigenvalue weighted by Gasteiger charge is 2.28. The highest BCUT2D eigenvalue weighted by molar-refractivity contribution is 5.96. The van der Waals surface area contributed by atoms with Gasteiger partial charge in [-0.25, -0.2) is 4.79 Å². The molecule has 2 aromatic rings. The van der Waals surface area contributed by atoms with E-state index < -0.39 is 11.7 Å². The average molecular weight is 301 g/mol. The molecule has 5 nitrogen and oxygen atoms in total. The molecular weight excluding hydrogens is 282 g/mol. The van der Waals surface area contributed by atoms with Gasteiger partial charge in [-0.15, -0.1) is 0 Å². The minimum absolute atomic E-state index is 0.0601. The number of likely N-dealkylation sites (tertiary alicyclic amines) is 1. The Balaban J connectivity index is 1.91. The highest BCUT2D eigenvalue weighted by Crippen LogP contribution is 2.21. The number of piperidine rings is 1. The van der Waals surface area contributed by atoms with E-state index in [1.807, 2.05) is 12.1 Å². The fourth-order valence-corrected chi connectivity index (χ4v) is 2.97. The fraction of sp³-hybridized carbons (Fsp3) is 0.412. The van der Waals surface area contributed by atoms with E-state index in [4.69, 9.17) is 4.42 Å². The SMILES string of the molecule is CC(O)C1CCCN(C(=O)c2cc3ccccc3oc2=O)C1. The first-order valence-corrected chi connectivity index (χ1v) is 7.56. The first-order chi connectivity index (χ1) is 10.6. The van der Waals surface area contributed by atoms with Crippen LogP contribution in [-0.2, 0) is 0 Å². The molecule has 0 bridgehead atoms. The largest absolute Gasteiger partial charge is 0.422 e. The molecule has 1 saturated heterocycles. The smallest absolute Gasteiger partial charge is 0.349 e. The van der Waals surface area contributed by atoms with Crippen molar-refractivity contribution in [2.24, 2.45) is 5.92 Å². The zero-order chi connectivity index (χ0) is 15.7. The van der Waals surface area contributed by atoms with Crippen molar-refractivity contribution in [3.05, 3.63) is 46.3 Å². The highest BCUT2D eigenvalue weighted by atomic mass is 16.4. The van der Waals surface area contributed by atoms with Crippen LogP contribution in [0.2, 0.25) is 0 Å². The molecule has 2 atom stereocenters. The molecule has 22 heavy (non-hydrogen) atoms. The summed E-state index contributed by atoms with van der Waals surface area (Å²) in [5.74, 6) is -0.255. The molecule has 2 unspecified atom stereocenters. The molecular formula is C17H19NO4. The lowest BCUT2D eigenvalue weighted by Crippen LogP contribution is -2.44. The summed E-state index contributed by atoms with van der Waals surface area (Å²) >= 11 is 0. The Kier molecular flexibility index (Phi) is 3.98. The van der Waals surface area contributed by atoms with Crippen molar-refractivity contribution in [1.29, 1.82) is 0 Å². The van der Waals surface area contributed by atoms with Gasteiger partial charge in [-0.05, 0) is 31.9 Å². The van der Waals surface area contributed by atoms with Crippen LogP contribution in [-0.4, -0.2) is 35.1 Å². The van der Waals surface area contributed by atoms with Gasteiger partial charge in [0.05, 0.1) is 6.10 Å². The van der Waals surface area contributed by atoms with E-state index >= 15 is 0 Å². The molecule has 1 fully saturated rings. The van der Waals surface area contributed by atoms with Crippen LogP contribution in [0.4, 0.5) is 0 Å². The van der Waals surface area contributed by atoms with Gasteiger partial charge in [0.15, 0.2) is 0 Å². The van der Waals surface area contributed by atoms with Crippen molar-refractivity contribution in [3.63, 3.8) is 0 Å². The summed E-state index contributed by atoms with van der Waals surface area (Å²) in [5.41, 5.74) is -0.0719. The van der Waals surface area contributed by atoms with Gasteiger partial charge in [0.1, 0.15) is 11.1 Å². The van der Waals surface area contributed by atoms with Gasteiger partial charge in [0, 0.05) is 24.4 Å². The maximum absolute atomic E-state index is 12.6. The van der Waals surface area contributed by atoms with Crippen molar-refractivity contribution in [2.45, 2.75) is 25.9 Å². The van der Waals surface area contributed by atoms with E-state index in [0.29, 0.717) is 18.7 Å². The molecule has 116 valence electrons. The number of nitrogens with zero attached hydrogens (tertiary/aromatic N) is 1. The zero-order valence-electron chi connectivity index (χ0n) is 12.5. The molecule has 1 aromatic carbocycles. The number of carbonyl (C=O) groups excluding carboxylic acids is 1. The maximum Gasteiger partial charge on any atom is 0.349 e. The Morgan fingerprint density at radius 2 is 2.18 bits per heavy atom. The second-order valence-electron chi connectivity index (χ2n) is 5.88. The van der Waals surface area contributed by atoms with Crippen LogP contribution in [0.5, 0.6) is 0 Å². The van der Waals surface area contributed by atoms with Gasteiger partial charge in [0.25, 0.3) is 5.91 Å².